The molecule has 294 valence electrons. The Balaban J connectivity index is 1.09. The van der Waals surface area contributed by atoms with Gasteiger partial charge in [-0.25, -0.2) is 15.0 Å². The minimum absolute atomic E-state index is 0.711. The van der Waals surface area contributed by atoms with Gasteiger partial charge in [-0.05, 0) is 161 Å². The third-order valence-corrected chi connectivity index (χ3v) is 11.1. The molecule has 9 heterocycles. The highest BCUT2D eigenvalue weighted by Gasteiger charge is 2.16. The van der Waals surface area contributed by atoms with E-state index >= 15 is 0 Å². The van der Waals surface area contributed by atoms with Gasteiger partial charge in [0, 0.05) is 42.1 Å². The number of nitrogens with zero attached hydrogens (tertiary/aromatic N) is 9. The van der Waals surface area contributed by atoms with E-state index in [9.17, 15) is 0 Å². The molecule has 10 heteroatoms. The van der Waals surface area contributed by atoms with Crippen molar-refractivity contribution in [1.29, 1.82) is 0 Å². The van der Waals surface area contributed by atoms with Crippen LogP contribution >= 0.6 is 11.8 Å². The van der Waals surface area contributed by atoms with E-state index in [0.717, 1.165) is 78.9 Å². The molecule has 9 aromatic heterocycles. The number of rotatable bonds is 10. The molecule has 0 aliphatic carbocycles. The highest BCUT2D eigenvalue weighted by Crippen LogP contribution is 2.35. The monoisotopic (exact) mass is 817 g/mol. The predicted molar refractivity (Wildman–Crippen MR) is 247 cm³/mol. The van der Waals surface area contributed by atoms with Gasteiger partial charge in [-0.1, -0.05) is 36.4 Å². The average molecular weight is 818 g/mol. The van der Waals surface area contributed by atoms with Crippen molar-refractivity contribution in [3.63, 3.8) is 0 Å². The van der Waals surface area contributed by atoms with Gasteiger partial charge in [-0.15, -0.1) is 11.8 Å². The summed E-state index contributed by atoms with van der Waals surface area (Å²) in [6.45, 7) is 0. The quantitative estimate of drug-likeness (QED) is 0.123. The van der Waals surface area contributed by atoms with Crippen molar-refractivity contribution in [3.8, 4) is 102 Å². The van der Waals surface area contributed by atoms with Crippen molar-refractivity contribution in [2.45, 2.75) is 4.90 Å². The van der Waals surface area contributed by atoms with Gasteiger partial charge in [0.15, 0.2) is 0 Å². The first-order chi connectivity index (χ1) is 30.6. The van der Waals surface area contributed by atoms with E-state index < -0.39 is 0 Å². The van der Waals surface area contributed by atoms with Crippen LogP contribution in [0.4, 0.5) is 0 Å². The lowest BCUT2D eigenvalue weighted by Gasteiger charge is -2.13. The lowest BCUT2D eigenvalue weighted by atomic mass is 9.99. The molecule has 0 saturated carbocycles. The molecule has 10 rings (SSSR count). The molecule has 0 fully saturated rings. The molecule has 10 aromatic rings. The molecule has 0 atom stereocenters. The van der Waals surface area contributed by atoms with Gasteiger partial charge < -0.3 is 0 Å². The molecule has 62 heavy (non-hydrogen) atoms. The van der Waals surface area contributed by atoms with Gasteiger partial charge in [0.1, 0.15) is 0 Å². The summed E-state index contributed by atoms with van der Waals surface area (Å²) in [5, 5.41) is 0. The minimum Gasteiger partial charge on any atom is -0.255 e. The summed E-state index contributed by atoms with van der Waals surface area (Å²) in [5.41, 5.74) is 14.8. The van der Waals surface area contributed by atoms with Crippen molar-refractivity contribution in [3.05, 3.63) is 195 Å². The van der Waals surface area contributed by atoms with Crippen LogP contribution in [0.1, 0.15) is 0 Å². The zero-order chi connectivity index (χ0) is 41.7. The number of thioether (sulfide) groups is 1. The Morgan fingerprint density at radius 1 is 0.258 bits per heavy atom. The normalized spacial score (nSPS) is 11.0. The summed E-state index contributed by atoms with van der Waals surface area (Å²) >= 11 is 1.71. The Morgan fingerprint density at radius 2 is 0.565 bits per heavy atom. The van der Waals surface area contributed by atoms with E-state index in [4.69, 9.17) is 24.9 Å². The van der Waals surface area contributed by atoms with Gasteiger partial charge >= 0.3 is 0 Å². The zero-order valence-electron chi connectivity index (χ0n) is 33.4. The number of hydrogen-bond donors (Lipinski definition) is 0. The SMILES string of the molecule is CSc1ccc(-c2cc(-c3cc(-c4cc(-c5ccccn5)nc(-c5ccccn5)c4)ccn3)nc(-c3cc(-c4cc(-c5ccccn5)nc(-c5ccccn5)c4)ccn3)c2)cc1. The Kier molecular flexibility index (Phi) is 10.6. The van der Waals surface area contributed by atoms with Crippen molar-refractivity contribution >= 4 is 11.8 Å². The molecule has 0 aliphatic heterocycles. The molecule has 0 amide bonds. The minimum atomic E-state index is 0.711. The second kappa shape index (κ2) is 17.3. The summed E-state index contributed by atoms with van der Waals surface area (Å²) < 4.78 is 0. The molecule has 0 spiro atoms. The first kappa shape index (κ1) is 38.1. The smallest absolute Gasteiger partial charge is 0.0900 e. The van der Waals surface area contributed by atoms with Crippen LogP contribution in [0.3, 0.4) is 0 Å². The number of hydrogen-bond acceptors (Lipinski definition) is 10. The van der Waals surface area contributed by atoms with E-state index in [1.54, 1.807) is 36.5 Å². The predicted octanol–water partition coefficient (Wildman–Crippen LogP) is 12.0. The van der Waals surface area contributed by atoms with Crippen LogP contribution < -0.4 is 0 Å². The van der Waals surface area contributed by atoms with Crippen LogP contribution in [0.5, 0.6) is 0 Å². The average Bonchev–Trinajstić information content (AvgIpc) is 3.37. The standard InChI is InChI=1S/C52H35N9S/c1-62-40-16-14-34(15-17-40)37-28-51(45-26-35(18-24-57-45)38-30-47(41-10-2-6-20-53-41)59-48(31-38)42-11-3-7-21-54-42)61-52(29-37)46-27-36(19-25-58-46)39-32-49(43-12-4-8-22-55-43)60-50(33-39)44-13-5-9-23-56-44/h2-33H,1H3. The highest BCUT2D eigenvalue weighted by atomic mass is 32.2. The fourth-order valence-corrected chi connectivity index (χ4v) is 7.63. The van der Waals surface area contributed by atoms with Crippen LogP contribution in [-0.2, 0) is 0 Å². The number of aromatic nitrogens is 9. The Hall–Kier alpha value is -8.08. The molecule has 0 saturated heterocycles. The first-order valence-corrected chi connectivity index (χ1v) is 21.2. The summed E-state index contributed by atoms with van der Waals surface area (Å²) in [6, 6.07) is 52.5. The van der Waals surface area contributed by atoms with Gasteiger partial charge in [-0.3, -0.25) is 29.9 Å². The van der Waals surface area contributed by atoms with Crippen molar-refractivity contribution in [2.75, 3.05) is 6.26 Å². The number of pyridine rings is 9. The van der Waals surface area contributed by atoms with Gasteiger partial charge in [0.25, 0.3) is 0 Å². The summed E-state index contributed by atoms with van der Waals surface area (Å²) in [7, 11) is 0. The van der Waals surface area contributed by atoms with Crippen molar-refractivity contribution in [1.82, 2.24) is 44.9 Å². The van der Waals surface area contributed by atoms with E-state index in [1.165, 1.54) is 4.90 Å². The Bertz CT molecular complexity index is 2850. The lowest BCUT2D eigenvalue weighted by Crippen LogP contribution is -1.97. The van der Waals surface area contributed by atoms with Crippen LogP contribution in [0.15, 0.2) is 200 Å². The van der Waals surface area contributed by atoms with Crippen LogP contribution in [0.2, 0.25) is 0 Å². The van der Waals surface area contributed by atoms with E-state index in [-0.39, 0.29) is 0 Å². The Labute approximate surface area is 362 Å². The van der Waals surface area contributed by atoms with Crippen LogP contribution in [-0.4, -0.2) is 51.1 Å². The third kappa shape index (κ3) is 8.23. The molecule has 9 nitrogen and oxygen atoms in total. The molecular formula is C52H35N9S. The van der Waals surface area contributed by atoms with Crippen molar-refractivity contribution in [2.24, 2.45) is 0 Å². The lowest BCUT2D eigenvalue weighted by molar-refractivity contribution is 1.21. The molecule has 0 N–H and O–H groups in total. The van der Waals surface area contributed by atoms with Gasteiger partial charge in [-0.2, -0.15) is 0 Å². The van der Waals surface area contributed by atoms with E-state index in [1.807, 2.05) is 97.3 Å². The highest BCUT2D eigenvalue weighted by molar-refractivity contribution is 7.98. The molecule has 0 aliphatic rings. The second-order valence-corrected chi connectivity index (χ2v) is 15.2. The van der Waals surface area contributed by atoms with Gasteiger partial charge in [0.2, 0.25) is 0 Å². The summed E-state index contributed by atoms with van der Waals surface area (Å²) in [4.78, 5) is 44.6. The zero-order valence-corrected chi connectivity index (χ0v) is 34.2. The molecule has 0 radical (unpaired) electrons. The van der Waals surface area contributed by atoms with E-state index in [0.29, 0.717) is 22.8 Å². The molecule has 0 bridgehead atoms. The topological polar surface area (TPSA) is 116 Å². The van der Waals surface area contributed by atoms with Crippen molar-refractivity contribution < 1.29 is 0 Å². The summed E-state index contributed by atoms with van der Waals surface area (Å²) in [6.07, 6.45) is 12.8. The second-order valence-electron chi connectivity index (χ2n) is 14.3. The molecule has 1 aromatic carbocycles. The fourth-order valence-electron chi connectivity index (χ4n) is 7.22. The molecular weight excluding hydrogens is 783 g/mol. The van der Waals surface area contributed by atoms with Crippen LogP contribution in [0, 0.1) is 0 Å². The van der Waals surface area contributed by atoms with Crippen LogP contribution in [0.25, 0.3) is 102 Å². The van der Waals surface area contributed by atoms with Gasteiger partial charge in [0.05, 0.1) is 68.3 Å². The first-order valence-electron chi connectivity index (χ1n) is 19.9. The largest absolute Gasteiger partial charge is 0.255 e. The maximum Gasteiger partial charge on any atom is 0.0900 e. The maximum atomic E-state index is 5.27. The fraction of sp³-hybridized carbons (Fsp3) is 0.0192. The summed E-state index contributed by atoms with van der Waals surface area (Å²) in [5.74, 6) is 0. The number of benzene rings is 1. The Morgan fingerprint density at radius 3 is 0.887 bits per heavy atom. The third-order valence-electron chi connectivity index (χ3n) is 10.3. The maximum absolute atomic E-state index is 5.27. The van der Waals surface area contributed by atoms with E-state index in [2.05, 4.69) is 99.0 Å². The molecule has 0 unspecified atom stereocenters.